The van der Waals surface area contributed by atoms with Crippen LogP contribution in [0.5, 0.6) is 11.5 Å². The van der Waals surface area contributed by atoms with Crippen molar-refractivity contribution in [3.63, 3.8) is 0 Å². The molecule has 1 aliphatic heterocycles. The topological polar surface area (TPSA) is 48.0 Å². The summed E-state index contributed by atoms with van der Waals surface area (Å²) in [7, 11) is 2.81. The molecular formula is C30H31F4NO4. The summed E-state index contributed by atoms with van der Waals surface area (Å²) in [5, 5.41) is 0. The van der Waals surface area contributed by atoms with Crippen LogP contribution in [0.1, 0.15) is 46.7 Å². The van der Waals surface area contributed by atoms with Crippen LogP contribution in [-0.4, -0.2) is 51.3 Å². The Kier molecular flexibility index (Phi) is 9.45. The van der Waals surface area contributed by atoms with Crippen molar-refractivity contribution in [1.29, 1.82) is 0 Å². The number of methoxy groups -OCH3 is 2. The van der Waals surface area contributed by atoms with E-state index in [4.69, 9.17) is 14.2 Å². The van der Waals surface area contributed by atoms with E-state index in [0.717, 1.165) is 25.1 Å². The molecule has 39 heavy (non-hydrogen) atoms. The van der Waals surface area contributed by atoms with Gasteiger partial charge in [0.25, 0.3) is 0 Å². The van der Waals surface area contributed by atoms with Crippen molar-refractivity contribution >= 4 is 5.97 Å². The number of nitrogens with zero attached hydrogens (tertiary/aromatic N) is 1. The third-order valence-electron chi connectivity index (χ3n) is 7.16. The Balaban J connectivity index is 1.36. The number of esters is 1. The van der Waals surface area contributed by atoms with Gasteiger partial charge in [0.15, 0.2) is 11.5 Å². The maximum Gasteiger partial charge on any atom is 0.337 e. The molecule has 1 fully saturated rings. The molecule has 0 amide bonds. The Hall–Kier alpha value is -3.59. The van der Waals surface area contributed by atoms with Gasteiger partial charge in [-0.3, -0.25) is 0 Å². The summed E-state index contributed by atoms with van der Waals surface area (Å²) in [6, 6.07) is 11.5. The predicted molar refractivity (Wildman–Crippen MR) is 138 cm³/mol. The highest BCUT2D eigenvalue weighted by Gasteiger charge is 2.32. The second-order valence-electron chi connectivity index (χ2n) is 9.55. The van der Waals surface area contributed by atoms with E-state index in [2.05, 4.69) is 4.90 Å². The molecular weight excluding hydrogens is 514 g/mol. The van der Waals surface area contributed by atoms with Crippen molar-refractivity contribution in [3.8, 4) is 11.5 Å². The number of hydrogen-bond acceptors (Lipinski definition) is 5. The number of halogens is 4. The number of piperidine rings is 1. The Morgan fingerprint density at radius 2 is 1.49 bits per heavy atom. The predicted octanol–water partition coefficient (Wildman–Crippen LogP) is 6.35. The molecule has 0 aliphatic carbocycles. The minimum absolute atomic E-state index is 0.102. The highest BCUT2D eigenvalue weighted by atomic mass is 19.1. The SMILES string of the molecule is COC(=O)c1ccc(OCCCN2CCC(C(c3ccc(F)cc3F)c3ccc(F)cc3F)CC2)c(OC)c1. The molecule has 3 aromatic carbocycles. The summed E-state index contributed by atoms with van der Waals surface area (Å²) in [4.78, 5) is 14.0. The van der Waals surface area contributed by atoms with Crippen molar-refractivity contribution in [2.75, 3.05) is 40.5 Å². The van der Waals surface area contributed by atoms with Crippen LogP contribution in [0.15, 0.2) is 54.6 Å². The summed E-state index contributed by atoms with van der Waals surface area (Å²) in [6.07, 6.45) is 2.07. The van der Waals surface area contributed by atoms with Crippen LogP contribution in [0, 0.1) is 29.2 Å². The molecule has 0 atom stereocenters. The lowest BCUT2D eigenvalue weighted by Gasteiger charge is -2.37. The zero-order valence-electron chi connectivity index (χ0n) is 21.9. The fourth-order valence-corrected chi connectivity index (χ4v) is 5.19. The van der Waals surface area contributed by atoms with E-state index in [1.807, 2.05) is 0 Å². The number of carbonyl (C=O) groups excluding carboxylic acids is 1. The molecule has 0 spiro atoms. The standard InChI is InChI=1S/C30H31F4NO4/c1-37-28-16-20(30(36)38-2)4-9-27(28)39-15-3-12-35-13-10-19(11-14-35)29(23-7-5-21(31)17-25(23)33)24-8-6-22(32)18-26(24)34/h4-9,16-19,29H,3,10-15H2,1-2H3. The smallest absolute Gasteiger partial charge is 0.337 e. The fourth-order valence-electron chi connectivity index (χ4n) is 5.19. The summed E-state index contributed by atoms with van der Waals surface area (Å²) in [5.74, 6) is -3.15. The maximum absolute atomic E-state index is 14.8. The minimum atomic E-state index is -0.738. The van der Waals surface area contributed by atoms with Crippen LogP contribution in [0.2, 0.25) is 0 Å². The van der Waals surface area contributed by atoms with Gasteiger partial charge in [0, 0.05) is 24.6 Å². The van der Waals surface area contributed by atoms with Gasteiger partial charge in [0.2, 0.25) is 0 Å². The highest BCUT2D eigenvalue weighted by molar-refractivity contribution is 5.90. The first-order valence-corrected chi connectivity index (χ1v) is 12.8. The lowest BCUT2D eigenvalue weighted by molar-refractivity contribution is 0.0600. The second kappa shape index (κ2) is 13.0. The van der Waals surface area contributed by atoms with Crippen molar-refractivity contribution in [2.45, 2.75) is 25.2 Å². The van der Waals surface area contributed by atoms with Crippen molar-refractivity contribution in [2.24, 2.45) is 5.92 Å². The zero-order chi connectivity index (χ0) is 27.9. The van der Waals surface area contributed by atoms with Crippen LogP contribution in [0.3, 0.4) is 0 Å². The van der Waals surface area contributed by atoms with E-state index in [1.54, 1.807) is 18.2 Å². The lowest BCUT2D eigenvalue weighted by Crippen LogP contribution is -2.37. The van der Waals surface area contributed by atoms with Crippen LogP contribution in [0.4, 0.5) is 17.6 Å². The summed E-state index contributed by atoms with van der Waals surface area (Å²) in [6.45, 7) is 2.61. The Labute approximate surface area is 225 Å². The van der Waals surface area contributed by atoms with Gasteiger partial charge in [-0.05, 0) is 79.7 Å². The van der Waals surface area contributed by atoms with E-state index < -0.39 is 35.2 Å². The summed E-state index contributed by atoms with van der Waals surface area (Å²) >= 11 is 0. The number of likely N-dealkylation sites (tertiary alicyclic amines) is 1. The van der Waals surface area contributed by atoms with Gasteiger partial charge in [-0.2, -0.15) is 0 Å². The van der Waals surface area contributed by atoms with Crippen LogP contribution in [-0.2, 0) is 4.74 Å². The number of ether oxygens (including phenoxy) is 3. The first kappa shape index (κ1) is 28.4. The molecule has 0 bridgehead atoms. The molecule has 5 nitrogen and oxygen atoms in total. The number of benzene rings is 3. The molecule has 4 rings (SSSR count). The fraction of sp³-hybridized carbons (Fsp3) is 0.367. The van der Waals surface area contributed by atoms with Crippen LogP contribution < -0.4 is 9.47 Å². The second-order valence-corrected chi connectivity index (χ2v) is 9.55. The largest absolute Gasteiger partial charge is 0.493 e. The normalized spacial score (nSPS) is 14.4. The Bertz CT molecular complexity index is 1240. The van der Waals surface area contributed by atoms with Gasteiger partial charge < -0.3 is 19.1 Å². The number of carbonyl (C=O) groups is 1. The highest BCUT2D eigenvalue weighted by Crippen LogP contribution is 2.40. The monoisotopic (exact) mass is 545 g/mol. The Morgan fingerprint density at radius 1 is 0.872 bits per heavy atom. The molecule has 0 N–H and O–H groups in total. The molecule has 1 aliphatic rings. The molecule has 0 saturated carbocycles. The van der Waals surface area contributed by atoms with Crippen molar-refractivity contribution in [1.82, 2.24) is 4.90 Å². The Morgan fingerprint density at radius 3 is 2.03 bits per heavy atom. The van der Waals surface area contributed by atoms with Gasteiger partial charge >= 0.3 is 5.97 Å². The molecule has 0 aromatic heterocycles. The molecule has 0 unspecified atom stereocenters. The molecule has 1 heterocycles. The van der Waals surface area contributed by atoms with Crippen molar-refractivity contribution < 1.29 is 36.6 Å². The quantitative estimate of drug-likeness (QED) is 0.169. The minimum Gasteiger partial charge on any atom is -0.493 e. The zero-order valence-corrected chi connectivity index (χ0v) is 21.9. The van der Waals surface area contributed by atoms with Crippen molar-refractivity contribution in [3.05, 3.63) is 94.6 Å². The van der Waals surface area contributed by atoms with Gasteiger partial charge in [-0.1, -0.05) is 12.1 Å². The molecule has 9 heteroatoms. The third kappa shape index (κ3) is 6.89. The molecule has 0 radical (unpaired) electrons. The first-order chi connectivity index (χ1) is 18.8. The van der Waals surface area contributed by atoms with Gasteiger partial charge in [0.05, 0.1) is 26.4 Å². The lowest BCUT2D eigenvalue weighted by atomic mass is 9.75. The average molecular weight is 546 g/mol. The molecule has 1 saturated heterocycles. The average Bonchev–Trinajstić information content (AvgIpc) is 2.93. The number of hydrogen-bond donors (Lipinski definition) is 0. The van der Waals surface area contributed by atoms with E-state index in [-0.39, 0.29) is 17.0 Å². The summed E-state index contributed by atoms with van der Waals surface area (Å²) < 4.78 is 72.7. The van der Waals surface area contributed by atoms with Crippen LogP contribution >= 0.6 is 0 Å². The molecule has 208 valence electrons. The van der Waals surface area contributed by atoms with E-state index >= 15 is 0 Å². The maximum atomic E-state index is 14.8. The summed E-state index contributed by atoms with van der Waals surface area (Å²) in [5.41, 5.74) is 0.783. The number of rotatable bonds is 10. The van der Waals surface area contributed by atoms with E-state index in [1.165, 1.54) is 38.5 Å². The van der Waals surface area contributed by atoms with Gasteiger partial charge in [0.1, 0.15) is 23.3 Å². The molecule has 3 aromatic rings. The van der Waals surface area contributed by atoms with E-state index in [9.17, 15) is 22.4 Å². The van der Waals surface area contributed by atoms with E-state index in [0.29, 0.717) is 49.6 Å². The van der Waals surface area contributed by atoms with Gasteiger partial charge in [-0.25, -0.2) is 22.4 Å². The van der Waals surface area contributed by atoms with Gasteiger partial charge in [-0.15, -0.1) is 0 Å². The first-order valence-electron chi connectivity index (χ1n) is 12.8. The van der Waals surface area contributed by atoms with Crippen LogP contribution in [0.25, 0.3) is 0 Å². The third-order valence-corrected chi connectivity index (χ3v) is 7.16.